The lowest BCUT2D eigenvalue weighted by Gasteiger charge is -2.14. The minimum Gasteiger partial charge on any atom is -0.365 e. The van der Waals surface area contributed by atoms with Crippen LogP contribution >= 0.6 is 0 Å². The number of hydrogen-bond acceptors (Lipinski definition) is 4. The monoisotopic (exact) mass is 367 g/mol. The maximum absolute atomic E-state index is 11.4. The van der Waals surface area contributed by atoms with Gasteiger partial charge in [0.1, 0.15) is 5.56 Å². The number of primary amides is 1. The van der Waals surface area contributed by atoms with Crippen LogP contribution in [-0.2, 0) is 0 Å². The summed E-state index contributed by atoms with van der Waals surface area (Å²) in [5.41, 5.74) is 7.01. The van der Waals surface area contributed by atoms with Crippen LogP contribution in [0.15, 0.2) is 47.5 Å². The minimum atomic E-state index is -0.834. The highest BCUT2D eigenvalue weighted by Crippen LogP contribution is 2.27. The van der Waals surface area contributed by atoms with Crippen LogP contribution in [0.2, 0.25) is 0 Å². The molecule has 0 radical (unpaired) electrons. The summed E-state index contributed by atoms with van der Waals surface area (Å²) in [6.07, 6.45) is 6.05. The molecule has 0 unspecified atom stereocenters. The molecular formula is C21H25N3O3. The predicted molar refractivity (Wildman–Crippen MR) is 108 cm³/mol. The van der Waals surface area contributed by atoms with Gasteiger partial charge in [0.15, 0.2) is 0 Å². The normalized spacial score (nSPS) is 12.2. The first-order valence-electron chi connectivity index (χ1n) is 9.19. The molecule has 0 aliphatic carbocycles. The molecule has 6 nitrogen and oxygen atoms in total. The summed E-state index contributed by atoms with van der Waals surface area (Å²) in [4.78, 5) is 26.5. The Morgan fingerprint density at radius 1 is 1.22 bits per heavy atom. The van der Waals surface area contributed by atoms with Gasteiger partial charge in [-0.3, -0.25) is 19.9 Å². The van der Waals surface area contributed by atoms with Crippen LogP contribution in [0.25, 0.3) is 0 Å². The van der Waals surface area contributed by atoms with Gasteiger partial charge in [0.05, 0.1) is 16.2 Å². The lowest BCUT2D eigenvalue weighted by atomic mass is 9.91. The van der Waals surface area contributed by atoms with Crippen molar-refractivity contribution in [3.8, 4) is 0 Å². The number of nitrogens with zero attached hydrogens (tertiary/aromatic N) is 2. The molecule has 2 rings (SSSR count). The van der Waals surface area contributed by atoms with Gasteiger partial charge in [-0.15, -0.1) is 0 Å². The first kappa shape index (κ1) is 20.3. The number of rotatable bonds is 9. The number of amides is 1. The number of para-hydroxylation sites is 1. The molecule has 1 amide bonds. The van der Waals surface area contributed by atoms with Gasteiger partial charge >= 0.3 is 0 Å². The Morgan fingerprint density at radius 3 is 2.48 bits per heavy atom. The molecule has 0 bridgehead atoms. The molecule has 1 atom stereocenters. The highest BCUT2D eigenvalue weighted by atomic mass is 16.6. The molecule has 0 fully saturated rings. The Kier molecular flexibility index (Phi) is 7.23. The van der Waals surface area contributed by atoms with Crippen molar-refractivity contribution < 1.29 is 9.72 Å². The van der Waals surface area contributed by atoms with Crippen LogP contribution < -0.4 is 5.73 Å². The molecule has 142 valence electrons. The topological polar surface area (TPSA) is 98.6 Å². The van der Waals surface area contributed by atoms with Gasteiger partial charge in [-0.05, 0) is 48.6 Å². The van der Waals surface area contributed by atoms with E-state index in [1.807, 2.05) is 12.1 Å². The third-order valence-corrected chi connectivity index (χ3v) is 4.63. The summed E-state index contributed by atoms with van der Waals surface area (Å²) in [6.45, 7) is 4.38. The van der Waals surface area contributed by atoms with Gasteiger partial charge in [-0.2, -0.15) is 0 Å². The van der Waals surface area contributed by atoms with E-state index < -0.39 is 10.8 Å². The number of unbranched alkanes of at least 4 members (excludes halogenated alkanes) is 1. The summed E-state index contributed by atoms with van der Waals surface area (Å²) in [6, 6.07) is 12.4. The van der Waals surface area contributed by atoms with Crippen LogP contribution in [0, 0.1) is 10.1 Å². The van der Waals surface area contributed by atoms with E-state index in [9.17, 15) is 14.9 Å². The van der Waals surface area contributed by atoms with E-state index in [0.29, 0.717) is 11.6 Å². The lowest BCUT2D eigenvalue weighted by Crippen LogP contribution is -2.14. The van der Waals surface area contributed by atoms with Gasteiger partial charge in [0.25, 0.3) is 11.6 Å². The third kappa shape index (κ3) is 5.23. The van der Waals surface area contributed by atoms with Gasteiger partial charge in [0, 0.05) is 6.21 Å². The second-order valence-corrected chi connectivity index (χ2v) is 6.46. The number of hydrogen-bond donors (Lipinski definition) is 1. The Morgan fingerprint density at radius 2 is 1.93 bits per heavy atom. The summed E-state index contributed by atoms with van der Waals surface area (Å²) in [5, 5.41) is 11.3. The van der Waals surface area contributed by atoms with Gasteiger partial charge in [-0.25, -0.2) is 0 Å². The Labute approximate surface area is 159 Å². The van der Waals surface area contributed by atoms with Crippen LogP contribution in [0.1, 0.15) is 66.9 Å². The fourth-order valence-corrected chi connectivity index (χ4v) is 3.10. The lowest BCUT2D eigenvalue weighted by molar-refractivity contribution is -0.385. The van der Waals surface area contributed by atoms with E-state index >= 15 is 0 Å². The van der Waals surface area contributed by atoms with E-state index in [1.165, 1.54) is 37.1 Å². The number of carbonyl (C=O) groups is 1. The zero-order valence-electron chi connectivity index (χ0n) is 15.7. The van der Waals surface area contributed by atoms with E-state index in [2.05, 4.69) is 31.0 Å². The van der Waals surface area contributed by atoms with Crippen molar-refractivity contribution in [2.24, 2.45) is 10.7 Å². The first-order valence-corrected chi connectivity index (χ1v) is 9.19. The molecule has 0 saturated carbocycles. The molecule has 0 heterocycles. The Hall–Kier alpha value is -3.02. The van der Waals surface area contributed by atoms with Crippen molar-refractivity contribution in [3.63, 3.8) is 0 Å². The maximum atomic E-state index is 11.4. The van der Waals surface area contributed by atoms with Crippen molar-refractivity contribution in [2.45, 2.75) is 45.4 Å². The van der Waals surface area contributed by atoms with Crippen molar-refractivity contribution in [3.05, 3.63) is 69.3 Å². The zero-order chi connectivity index (χ0) is 19.8. The molecule has 27 heavy (non-hydrogen) atoms. The molecule has 0 saturated heterocycles. The number of carbonyl (C=O) groups excluding carboxylic acids is 1. The SMILES string of the molecule is CCCC[C@H](CC)c1ccc(/N=C/c2cccc(C(N)=O)c2[N+](=O)[O-])cc1. The largest absolute Gasteiger partial charge is 0.365 e. The van der Waals surface area contributed by atoms with Crippen molar-refractivity contribution in [2.75, 3.05) is 0 Å². The second kappa shape index (κ2) is 9.62. The standard InChI is InChI=1S/C21H25N3O3/c1-3-5-7-15(4-2)16-10-12-18(13-11-16)23-14-17-8-6-9-19(21(22)25)20(17)24(26)27/h6,8-15H,3-5,7H2,1-2H3,(H2,22,25)/b23-14+/t15-/m0/s1. The van der Waals surface area contributed by atoms with Crippen LogP contribution in [0.3, 0.4) is 0 Å². The summed E-state index contributed by atoms with van der Waals surface area (Å²) < 4.78 is 0. The van der Waals surface area contributed by atoms with E-state index in [4.69, 9.17) is 5.73 Å². The van der Waals surface area contributed by atoms with Crippen LogP contribution in [-0.4, -0.2) is 17.0 Å². The summed E-state index contributed by atoms with van der Waals surface area (Å²) in [7, 11) is 0. The molecule has 0 aliphatic heterocycles. The summed E-state index contributed by atoms with van der Waals surface area (Å²) in [5.74, 6) is -0.296. The van der Waals surface area contributed by atoms with E-state index in [0.717, 1.165) is 6.42 Å². The third-order valence-electron chi connectivity index (χ3n) is 4.63. The number of nitrogens with two attached hydrogens (primary N) is 1. The molecule has 2 N–H and O–H groups in total. The minimum absolute atomic E-state index is 0.124. The smallest absolute Gasteiger partial charge is 0.290 e. The molecule has 6 heteroatoms. The average Bonchev–Trinajstić information content (AvgIpc) is 2.67. The summed E-state index contributed by atoms with van der Waals surface area (Å²) >= 11 is 0. The van der Waals surface area contributed by atoms with Crippen molar-refractivity contribution in [1.82, 2.24) is 0 Å². The predicted octanol–water partition coefficient (Wildman–Crippen LogP) is 5.13. The molecule has 0 aromatic heterocycles. The zero-order valence-corrected chi connectivity index (χ0v) is 15.7. The fraction of sp³-hybridized carbons (Fsp3) is 0.333. The van der Waals surface area contributed by atoms with Gasteiger partial charge in [-0.1, -0.05) is 44.9 Å². The molecule has 0 aliphatic rings. The van der Waals surface area contributed by atoms with Gasteiger partial charge < -0.3 is 5.73 Å². The van der Waals surface area contributed by atoms with E-state index in [1.54, 1.807) is 12.1 Å². The first-order chi connectivity index (χ1) is 13.0. The fourth-order valence-electron chi connectivity index (χ4n) is 3.10. The second-order valence-electron chi connectivity index (χ2n) is 6.46. The van der Waals surface area contributed by atoms with E-state index in [-0.39, 0.29) is 16.8 Å². The quantitative estimate of drug-likeness (QED) is 0.378. The number of nitro groups is 1. The highest BCUT2D eigenvalue weighted by Gasteiger charge is 2.21. The van der Waals surface area contributed by atoms with Crippen LogP contribution in [0.5, 0.6) is 0 Å². The van der Waals surface area contributed by atoms with Crippen molar-refractivity contribution >= 4 is 23.5 Å². The van der Waals surface area contributed by atoms with Crippen LogP contribution in [0.4, 0.5) is 11.4 Å². The average molecular weight is 367 g/mol. The van der Waals surface area contributed by atoms with Crippen molar-refractivity contribution in [1.29, 1.82) is 0 Å². The van der Waals surface area contributed by atoms with Gasteiger partial charge in [0.2, 0.25) is 0 Å². The number of benzene rings is 2. The molecular weight excluding hydrogens is 342 g/mol. The highest BCUT2D eigenvalue weighted by molar-refractivity contribution is 6.01. The maximum Gasteiger partial charge on any atom is 0.290 e. The molecule has 2 aromatic carbocycles. The Balaban J connectivity index is 2.25. The number of nitro benzene ring substituents is 1. The molecule has 0 spiro atoms. The Bertz CT molecular complexity index is 829. The molecule has 2 aromatic rings. The number of aliphatic imine (C=N–C) groups is 1.